The lowest BCUT2D eigenvalue weighted by molar-refractivity contribution is -0.154. The summed E-state index contributed by atoms with van der Waals surface area (Å²) in [4.78, 5) is 12.5. The smallest absolute Gasteiger partial charge is 0.255 e. The van der Waals surface area contributed by atoms with Crippen LogP contribution in [0.1, 0.15) is 18.1 Å². The van der Waals surface area contributed by atoms with Gasteiger partial charge in [-0.05, 0) is 35.7 Å². The Morgan fingerprint density at radius 1 is 1.14 bits per heavy atom. The van der Waals surface area contributed by atoms with Gasteiger partial charge in [-0.1, -0.05) is 36.4 Å². The second kappa shape index (κ2) is 8.67. The third-order valence-electron chi connectivity index (χ3n) is 4.86. The molecule has 1 amide bonds. The lowest BCUT2D eigenvalue weighted by Crippen LogP contribution is -2.69. The van der Waals surface area contributed by atoms with Gasteiger partial charge in [-0.25, -0.2) is 0 Å². The molecule has 1 fully saturated rings. The molecule has 1 unspecified atom stereocenters. The standard InChI is InChI=1S/C22H22N4O2/c1-2-28-22(14-25-15-22)21(27)26-20(13-24)11-16-3-7-18(8-4-16)19-9-5-17(12-23)6-10-19/h3-10,20,25H,2,11,14-15H2,1H3,(H,26,27). The zero-order chi connectivity index (χ0) is 20.0. The van der Waals surface area contributed by atoms with Gasteiger partial charge in [-0.2, -0.15) is 10.5 Å². The molecule has 2 aromatic rings. The number of carbonyl (C=O) groups excluding carboxylic acids is 1. The van der Waals surface area contributed by atoms with Crippen LogP contribution in [-0.2, 0) is 16.0 Å². The van der Waals surface area contributed by atoms with E-state index in [0.717, 1.165) is 16.7 Å². The number of nitrogens with one attached hydrogen (secondary N) is 2. The molecule has 0 spiro atoms. The fourth-order valence-corrected chi connectivity index (χ4v) is 3.18. The van der Waals surface area contributed by atoms with Crippen molar-refractivity contribution in [3.63, 3.8) is 0 Å². The van der Waals surface area contributed by atoms with Gasteiger partial charge in [0.05, 0.1) is 17.7 Å². The zero-order valence-electron chi connectivity index (χ0n) is 15.7. The van der Waals surface area contributed by atoms with E-state index in [9.17, 15) is 10.1 Å². The highest BCUT2D eigenvalue weighted by molar-refractivity contribution is 5.87. The van der Waals surface area contributed by atoms with Gasteiger partial charge in [0.15, 0.2) is 5.60 Å². The van der Waals surface area contributed by atoms with E-state index in [0.29, 0.717) is 31.7 Å². The van der Waals surface area contributed by atoms with Gasteiger partial charge in [0, 0.05) is 26.1 Å². The van der Waals surface area contributed by atoms with Crippen LogP contribution in [0.4, 0.5) is 0 Å². The summed E-state index contributed by atoms with van der Waals surface area (Å²) in [6, 6.07) is 18.9. The lowest BCUT2D eigenvalue weighted by Gasteiger charge is -2.40. The number of carbonyl (C=O) groups is 1. The first-order chi connectivity index (χ1) is 13.6. The molecule has 0 radical (unpaired) electrons. The first-order valence-corrected chi connectivity index (χ1v) is 9.25. The molecule has 0 aliphatic carbocycles. The van der Waals surface area contributed by atoms with E-state index >= 15 is 0 Å². The molecule has 142 valence electrons. The third-order valence-corrected chi connectivity index (χ3v) is 4.86. The van der Waals surface area contributed by atoms with Crippen molar-refractivity contribution >= 4 is 5.91 Å². The van der Waals surface area contributed by atoms with Crippen LogP contribution < -0.4 is 10.6 Å². The number of hydrogen-bond donors (Lipinski definition) is 2. The number of benzene rings is 2. The molecule has 6 heteroatoms. The molecule has 1 heterocycles. The summed E-state index contributed by atoms with van der Waals surface area (Å²) in [6.07, 6.45) is 0.422. The summed E-state index contributed by atoms with van der Waals surface area (Å²) < 4.78 is 5.60. The maximum atomic E-state index is 12.5. The van der Waals surface area contributed by atoms with E-state index in [1.165, 1.54) is 0 Å². The second-order valence-corrected chi connectivity index (χ2v) is 6.78. The largest absolute Gasteiger partial charge is 0.363 e. The summed E-state index contributed by atoms with van der Waals surface area (Å²) in [6.45, 7) is 3.22. The van der Waals surface area contributed by atoms with Crippen LogP contribution in [0.25, 0.3) is 11.1 Å². The second-order valence-electron chi connectivity index (χ2n) is 6.78. The minimum atomic E-state index is -0.858. The Kier molecular flexibility index (Phi) is 6.06. The van der Waals surface area contributed by atoms with Crippen LogP contribution in [0.15, 0.2) is 48.5 Å². The molecule has 28 heavy (non-hydrogen) atoms. The van der Waals surface area contributed by atoms with Crippen molar-refractivity contribution in [2.75, 3.05) is 19.7 Å². The van der Waals surface area contributed by atoms with Crippen molar-refractivity contribution in [3.8, 4) is 23.3 Å². The number of nitriles is 2. The van der Waals surface area contributed by atoms with E-state index in [1.54, 1.807) is 12.1 Å². The number of ether oxygens (including phenoxy) is 1. The minimum absolute atomic E-state index is 0.242. The van der Waals surface area contributed by atoms with E-state index in [4.69, 9.17) is 10.00 Å². The Balaban J connectivity index is 1.64. The van der Waals surface area contributed by atoms with E-state index in [-0.39, 0.29) is 5.91 Å². The summed E-state index contributed by atoms with van der Waals surface area (Å²) in [5.41, 5.74) is 2.78. The predicted molar refractivity (Wildman–Crippen MR) is 105 cm³/mol. The third kappa shape index (κ3) is 4.20. The van der Waals surface area contributed by atoms with Crippen LogP contribution in [0.3, 0.4) is 0 Å². The Morgan fingerprint density at radius 2 is 1.75 bits per heavy atom. The van der Waals surface area contributed by atoms with Crippen LogP contribution in [0.2, 0.25) is 0 Å². The first-order valence-electron chi connectivity index (χ1n) is 9.25. The monoisotopic (exact) mass is 374 g/mol. The van der Waals surface area contributed by atoms with Crippen LogP contribution in [0.5, 0.6) is 0 Å². The predicted octanol–water partition coefficient (Wildman–Crippen LogP) is 2.15. The molecular formula is C22H22N4O2. The molecule has 1 aliphatic rings. The Hall–Kier alpha value is -3.19. The molecule has 1 atom stereocenters. The quantitative estimate of drug-likeness (QED) is 0.774. The SMILES string of the molecule is CCOC1(C(=O)NC(C#N)Cc2ccc(-c3ccc(C#N)cc3)cc2)CNC1. The van der Waals surface area contributed by atoms with Crippen molar-refractivity contribution in [1.29, 1.82) is 10.5 Å². The van der Waals surface area contributed by atoms with E-state index in [2.05, 4.69) is 22.8 Å². The van der Waals surface area contributed by atoms with Crippen molar-refractivity contribution < 1.29 is 9.53 Å². The van der Waals surface area contributed by atoms with Crippen molar-refractivity contribution in [2.45, 2.75) is 25.0 Å². The Bertz CT molecular complexity index is 904. The van der Waals surface area contributed by atoms with Gasteiger partial charge in [-0.15, -0.1) is 0 Å². The summed E-state index contributed by atoms with van der Waals surface area (Å²) in [5, 5.41) is 24.2. The van der Waals surface area contributed by atoms with Gasteiger partial charge >= 0.3 is 0 Å². The maximum Gasteiger partial charge on any atom is 0.255 e. The normalized spacial score (nSPS) is 15.5. The number of amides is 1. The molecule has 1 saturated heterocycles. The molecule has 0 saturated carbocycles. The number of nitrogens with zero attached hydrogens (tertiary/aromatic N) is 2. The van der Waals surface area contributed by atoms with Gasteiger partial charge in [0.1, 0.15) is 6.04 Å². The summed E-state index contributed by atoms with van der Waals surface area (Å²) >= 11 is 0. The summed E-state index contributed by atoms with van der Waals surface area (Å²) in [5.74, 6) is -0.242. The number of hydrogen-bond acceptors (Lipinski definition) is 5. The molecule has 2 aromatic carbocycles. The lowest BCUT2D eigenvalue weighted by atomic mass is 9.94. The zero-order valence-corrected chi connectivity index (χ0v) is 15.7. The average Bonchev–Trinajstić information content (AvgIpc) is 2.70. The topological polar surface area (TPSA) is 97.9 Å². The van der Waals surface area contributed by atoms with Gasteiger partial charge in [-0.3, -0.25) is 4.79 Å². The molecule has 6 nitrogen and oxygen atoms in total. The van der Waals surface area contributed by atoms with E-state index in [1.807, 2.05) is 43.3 Å². The maximum absolute atomic E-state index is 12.5. The van der Waals surface area contributed by atoms with Crippen molar-refractivity contribution in [1.82, 2.24) is 10.6 Å². The first kappa shape index (κ1) is 19.6. The molecule has 0 aromatic heterocycles. The van der Waals surface area contributed by atoms with Crippen molar-refractivity contribution in [2.24, 2.45) is 0 Å². The highest BCUT2D eigenvalue weighted by atomic mass is 16.5. The van der Waals surface area contributed by atoms with Crippen LogP contribution in [-0.4, -0.2) is 37.2 Å². The fourth-order valence-electron chi connectivity index (χ4n) is 3.18. The molecular weight excluding hydrogens is 352 g/mol. The fraction of sp³-hybridized carbons (Fsp3) is 0.318. The molecule has 0 bridgehead atoms. The minimum Gasteiger partial charge on any atom is -0.363 e. The van der Waals surface area contributed by atoms with Gasteiger partial charge in [0.25, 0.3) is 5.91 Å². The number of rotatable bonds is 7. The molecule has 2 N–H and O–H groups in total. The highest BCUT2D eigenvalue weighted by Gasteiger charge is 2.45. The highest BCUT2D eigenvalue weighted by Crippen LogP contribution is 2.21. The van der Waals surface area contributed by atoms with Crippen LogP contribution in [0, 0.1) is 22.7 Å². The summed E-state index contributed by atoms with van der Waals surface area (Å²) in [7, 11) is 0. The molecule has 3 rings (SSSR count). The molecule has 1 aliphatic heterocycles. The Labute approximate surface area is 164 Å². The van der Waals surface area contributed by atoms with Gasteiger partial charge in [0.2, 0.25) is 0 Å². The Morgan fingerprint density at radius 3 is 2.21 bits per heavy atom. The van der Waals surface area contributed by atoms with Crippen LogP contribution >= 0.6 is 0 Å². The van der Waals surface area contributed by atoms with E-state index < -0.39 is 11.6 Å². The average molecular weight is 374 g/mol. The van der Waals surface area contributed by atoms with Gasteiger partial charge < -0.3 is 15.4 Å². The van der Waals surface area contributed by atoms with Crippen molar-refractivity contribution in [3.05, 3.63) is 59.7 Å².